The molecule has 1 saturated carbocycles. The van der Waals surface area contributed by atoms with Gasteiger partial charge in [-0.25, -0.2) is 0 Å². The quantitative estimate of drug-likeness (QED) is 0.771. The summed E-state index contributed by atoms with van der Waals surface area (Å²) in [6, 6.07) is 6.56. The van der Waals surface area contributed by atoms with Crippen molar-refractivity contribution in [2.24, 2.45) is 0 Å². The first-order chi connectivity index (χ1) is 10.1. The van der Waals surface area contributed by atoms with Gasteiger partial charge in [0.25, 0.3) is 0 Å². The SMILES string of the molecule is CCOC1CC(NCC(O)COc2cc(C)cc(C)c2)C1. The lowest BCUT2D eigenvalue weighted by Gasteiger charge is -2.36. The van der Waals surface area contributed by atoms with Crippen LogP contribution in [0.25, 0.3) is 0 Å². The number of hydrogen-bond acceptors (Lipinski definition) is 4. The summed E-state index contributed by atoms with van der Waals surface area (Å²) in [6.07, 6.45) is 1.99. The van der Waals surface area contributed by atoms with Gasteiger partial charge in [-0.3, -0.25) is 0 Å². The normalized spacial score (nSPS) is 22.7. The topological polar surface area (TPSA) is 50.7 Å². The van der Waals surface area contributed by atoms with Crippen LogP contribution in [0.2, 0.25) is 0 Å². The minimum absolute atomic E-state index is 0.317. The van der Waals surface area contributed by atoms with Crippen molar-refractivity contribution in [1.29, 1.82) is 0 Å². The fourth-order valence-corrected chi connectivity index (χ4v) is 2.67. The van der Waals surface area contributed by atoms with E-state index in [1.54, 1.807) is 0 Å². The van der Waals surface area contributed by atoms with Crippen LogP contribution < -0.4 is 10.1 Å². The number of aliphatic hydroxyl groups excluding tert-OH is 1. The largest absolute Gasteiger partial charge is 0.491 e. The van der Waals surface area contributed by atoms with E-state index in [9.17, 15) is 5.11 Å². The number of hydrogen-bond donors (Lipinski definition) is 2. The van der Waals surface area contributed by atoms with E-state index in [2.05, 4.69) is 11.4 Å². The molecule has 0 amide bonds. The Morgan fingerprint density at radius 3 is 2.52 bits per heavy atom. The molecule has 1 aliphatic carbocycles. The van der Waals surface area contributed by atoms with Crippen LogP contribution in [0.1, 0.15) is 30.9 Å². The third-order valence-electron chi connectivity index (χ3n) is 3.78. The zero-order valence-electron chi connectivity index (χ0n) is 13.3. The van der Waals surface area contributed by atoms with Crippen LogP contribution in [0.3, 0.4) is 0 Å². The molecule has 0 radical (unpaired) electrons. The fourth-order valence-electron chi connectivity index (χ4n) is 2.67. The van der Waals surface area contributed by atoms with Crippen LogP contribution in [-0.4, -0.2) is 43.1 Å². The van der Waals surface area contributed by atoms with Gasteiger partial charge < -0.3 is 19.9 Å². The predicted molar refractivity (Wildman–Crippen MR) is 83.9 cm³/mol. The second kappa shape index (κ2) is 7.78. The van der Waals surface area contributed by atoms with Crippen molar-refractivity contribution in [2.75, 3.05) is 19.8 Å². The van der Waals surface area contributed by atoms with Crippen LogP contribution in [0, 0.1) is 13.8 Å². The smallest absolute Gasteiger partial charge is 0.119 e. The summed E-state index contributed by atoms with van der Waals surface area (Å²) in [5, 5.41) is 13.3. The average molecular weight is 293 g/mol. The Kier molecular flexibility index (Phi) is 6.03. The Labute approximate surface area is 127 Å². The lowest BCUT2D eigenvalue weighted by molar-refractivity contribution is -0.0134. The molecular weight excluding hydrogens is 266 g/mol. The molecule has 2 N–H and O–H groups in total. The van der Waals surface area contributed by atoms with Crippen molar-refractivity contribution in [3.63, 3.8) is 0 Å². The van der Waals surface area contributed by atoms with Gasteiger partial charge in [-0.1, -0.05) is 6.07 Å². The number of nitrogens with one attached hydrogen (secondary N) is 1. The van der Waals surface area contributed by atoms with E-state index >= 15 is 0 Å². The minimum Gasteiger partial charge on any atom is -0.491 e. The molecule has 118 valence electrons. The summed E-state index contributed by atoms with van der Waals surface area (Å²) in [5.74, 6) is 0.826. The molecule has 0 saturated heterocycles. The molecule has 0 bridgehead atoms. The van der Waals surface area contributed by atoms with E-state index in [4.69, 9.17) is 9.47 Å². The number of ether oxygens (including phenoxy) is 2. The highest BCUT2D eigenvalue weighted by Crippen LogP contribution is 2.23. The van der Waals surface area contributed by atoms with E-state index in [0.29, 0.717) is 25.3 Å². The van der Waals surface area contributed by atoms with E-state index < -0.39 is 6.10 Å². The van der Waals surface area contributed by atoms with Gasteiger partial charge >= 0.3 is 0 Å². The molecule has 1 unspecified atom stereocenters. The molecule has 4 heteroatoms. The minimum atomic E-state index is -0.489. The maximum absolute atomic E-state index is 9.97. The molecule has 21 heavy (non-hydrogen) atoms. The molecule has 1 aromatic rings. The highest BCUT2D eigenvalue weighted by Gasteiger charge is 2.29. The Morgan fingerprint density at radius 2 is 1.90 bits per heavy atom. The van der Waals surface area contributed by atoms with Crippen molar-refractivity contribution in [3.05, 3.63) is 29.3 Å². The molecule has 1 fully saturated rings. The second-order valence-electron chi connectivity index (χ2n) is 5.94. The molecule has 2 rings (SSSR count). The van der Waals surface area contributed by atoms with Gasteiger partial charge in [0.05, 0.1) is 6.10 Å². The molecule has 1 atom stereocenters. The molecule has 1 aromatic carbocycles. The van der Waals surface area contributed by atoms with Gasteiger partial charge in [0.1, 0.15) is 18.5 Å². The third-order valence-corrected chi connectivity index (χ3v) is 3.78. The van der Waals surface area contributed by atoms with E-state index in [0.717, 1.165) is 25.2 Å². The van der Waals surface area contributed by atoms with Gasteiger partial charge in [0, 0.05) is 19.2 Å². The Morgan fingerprint density at radius 1 is 1.24 bits per heavy atom. The number of rotatable bonds is 8. The lowest BCUT2D eigenvalue weighted by Crippen LogP contribution is -2.48. The maximum Gasteiger partial charge on any atom is 0.119 e. The lowest BCUT2D eigenvalue weighted by atomic mass is 9.89. The first kappa shape index (κ1) is 16.3. The molecule has 0 spiro atoms. The van der Waals surface area contributed by atoms with E-state index in [-0.39, 0.29) is 0 Å². The Hall–Kier alpha value is -1.10. The first-order valence-electron chi connectivity index (χ1n) is 7.81. The zero-order chi connectivity index (χ0) is 15.2. The van der Waals surface area contributed by atoms with Gasteiger partial charge in [-0.05, 0) is 56.9 Å². The van der Waals surface area contributed by atoms with E-state index in [1.807, 2.05) is 32.9 Å². The van der Waals surface area contributed by atoms with Gasteiger partial charge in [0.15, 0.2) is 0 Å². The number of aryl methyl sites for hydroxylation is 2. The summed E-state index contributed by atoms with van der Waals surface area (Å²) >= 11 is 0. The molecule has 4 nitrogen and oxygen atoms in total. The summed E-state index contributed by atoms with van der Waals surface area (Å²) in [7, 11) is 0. The number of benzene rings is 1. The third kappa shape index (κ3) is 5.30. The predicted octanol–water partition coefficient (Wildman–Crippen LogP) is 2.20. The van der Waals surface area contributed by atoms with E-state index in [1.165, 1.54) is 11.1 Å². The van der Waals surface area contributed by atoms with Gasteiger partial charge in [0.2, 0.25) is 0 Å². The standard InChI is InChI=1S/C17H27NO3/c1-4-20-17-8-14(9-17)18-10-15(19)11-21-16-6-12(2)5-13(3)7-16/h5-7,14-15,17-19H,4,8-11H2,1-3H3. The molecular formula is C17H27NO3. The Bertz CT molecular complexity index is 423. The van der Waals surface area contributed by atoms with Crippen LogP contribution in [0.5, 0.6) is 5.75 Å². The first-order valence-corrected chi connectivity index (χ1v) is 7.81. The van der Waals surface area contributed by atoms with Crippen molar-refractivity contribution in [3.8, 4) is 5.75 Å². The zero-order valence-corrected chi connectivity index (χ0v) is 13.3. The maximum atomic E-state index is 9.97. The van der Waals surface area contributed by atoms with Gasteiger partial charge in [-0.2, -0.15) is 0 Å². The molecule has 0 aliphatic heterocycles. The summed E-state index contributed by atoms with van der Waals surface area (Å²) in [4.78, 5) is 0. The summed E-state index contributed by atoms with van der Waals surface area (Å²) < 4.78 is 11.2. The van der Waals surface area contributed by atoms with Crippen LogP contribution in [0.15, 0.2) is 18.2 Å². The molecule has 0 heterocycles. The number of aliphatic hydroxyl groups is 1. The second-order valence-corrected chi connectivity index (χ2v) is 5.94. The van der Waals surface area contributed by atoms with Crippen molar-refractivity contribution in [1.82, 2.24) is 5.32 Å². The highest BCUT2D eigenvalue weighted by molar-refractivity contribution is 5.32. The van der Waals surface area contributed by atoms with Crippen LogP contribution in [-0.2, 0) is 4.74 Å². The fraction of sp³-hybridized carbons (Fsp3) is 0.647. The van der Waals surface area contributed by atoms with Gasteiger partial charge in [-0.15, -0.1) is 0 Å². The van der Waals surface area contributed by atoms with Crippen molar-refractivity contribution in [2.45, 2.75) is 51.9 Å². The monoisotopic (exact) mass is 293 g/mol. The Balaban J connectivity index is 1.63. The summed E-state index contributed by atoms with van der Waals surface area (Å²) in [5.41, 5.74) is 2.35. The van der Waals surface area contributed by atoms with Crippen molar-refractivity contribution < 1.29 is 14.6 Å². The van der Waals surface area contributed by atoms with Crippen LogP contribution in [0.4, 0.5) is 0 Å². The molecule has 0 aromatic heterocycles. The highest BCUT2D eigenvalue weighted by atomic mass is 16.5. The average Bonchev–Trinajstić information content (AvgIpc) is 2.37. The molecule has 1 aliphatic rings. The van der Waals surface area contributed by atoms with Crippen molar-refractivity contribution >= 4 is 0 Å². The summed E-state index contributed by atoms with van der Waals surface area (Å²) in [6.45, 7) is 7.77. The van der Waals surface area contributed by atoms with Crippen LogP contribution >= 0.6 is 0 Å².